The fourth-order valence-electron chi connectivity index (χ4n) is 2.82. The third-order valence-corrected chi connectivity index (χ3v) is 4.15. The highest BCUT2D eigenvalue weighted by Gasteiger charge is 2.24. The average molecular weight is 233 g/mol. The predicted octanol–water partition coefficient (Wildman–Crippen LogP) is 2.29. The van der Waals surface area contributed by atoms with Gasteiger partial charge in [0.25, 0.3) is 0 Å². The second-order valence-electron chi connectivity index (χ2n) is 5.70. The van der Waals surface area contributed by atoms with Gasteiger partial charge in [-0.2, -0.15) is 0 Å². The smallest absolute Gasteiger partial charge is 0.108 e. The molecule has 2 fully saturated rings. The first-order chi connectivity index (χ1) is 8.33. The maximum Gasteiger partial charge on any atom is 0.108 e. The van der Waals surface area contributed by atoms with Crippen LogP contribution in [0.4, 0.5) is 0 Å². The predicted molar refractivity (Wildman–Crippen MR) is 69.0 cm³/mol. The molecule has 1 aliphatic heterocycles. The molecule has 1 aromatic rings. The van der Waals surface area contributed by atoms with Crippen molar-refractivity contribution in [2.45, 2.75) is 58.0 Å². The molecule has 3 heteroatoms. The van der Waals surface area contributed by atoms with E-state index in [9.17, 15) is 0 Å². The van der Waals surface area contributed by atoms with Crippen LogP contribution in [0, 0.1) is 12.8 Å². The zero-order valence-electron chi connectivity index (χ0n) is 10.8. The molecule has 0 spiro atoms. The van der Waals surface area contributed by atoms with Gasteiger partial charge in [0.15, 0.2) is 0 Å². The summed E-state index contributed by atoms with van der Waals surface area (Å²) in [5.41, 5.74) is 1.34. The van der Waals surface area contributed by atoms with E-state index in [0.717, 1.165) is 18.4 Å². The number of nitrogens with zero attached hydrogens (tertiary/aromatic N) is 2. The fourth-order valence-corrected chi connectivity index (χ4v) is 2.82. The van der Waals surface area contributed by atoms with Crippen molar-refractivity contribution >= 4 is 0 Å². The van der Waals surface area contributed by atoms with Gasteiger partial charge >= 0.3 is 0 Å². The average Bonchev–Trinajstić information content (AvgIpc) is 2.86. The van der Waals surface area contributed by atoms with E-state index >= 15 is 0 Å². The molecule has 3 nitrogen and oxygen atoms in total. The second-order valence-corrected chi connectivity index (χ2v) is 5.70. The molecule has 17 heavy (non-hydrogen) atoms. The van der Waals surface area contributed by atoms with Gasteiger partial charge in [-0.3, -0.25) is 0 Å². The van der Waals surface area contributed by atoms with E-state index in [1.807, 2.05) is 6.20 Å². The minimum atomic E-state index is 0.737. The van der Waals surface area contributed by atoms with Gasteiger partial charge in [0, 0.05) is 30.9 Å². The Labute approximate surface area is 104 Å². The van der Waals surface area contributed by atoms with Gasteiger partial charge in [0.1, 0.15) is 5.82 Å². The monoisotopic (exact) mass is 233 g/mol. The largest absolute Gasteiger partial charge is 0.332 e. The Hall–Kier alpha value is -0.830. The summed E-state index contributed by atoms with van der Waals surface area (Å²) in [5.74, 6) is 2.24. The molecular formula is C14H23N3. The third kappa shape index (κ3) is 2.71. The molecule has 0 bridgehead atoms. The molecule has 1 aromatic heterocycles. The van der Waals surface area contributed by atoms with Crippen LogP contribution in [-0.4, -0.2) is 22.1 Å². The first kappa shape index (κ1) is 11.3. The Morgan fingerprint density at radius 3 is 3.00 bits per heavy atom. The van der Waals surface area contributed by atoms with Crippen LogP contribution in [0.3, 0.4) is 0 Å². The molecule has 0 aromatic carbocycles. The quantitative estimate of drug-likeness (QED) is 0.845. The van der Waals surface area contributed by atoms with Crippen molar-refractivity contribution < 1.29 is 0 Å². The summed E-state index contributed by atoms with van der Waals surface area (Å²) in [6, 6.07) is 0.737. The van der Waals surface area contributed by atoms with Gasteiger partial charge in [-0.05, 0) is 51.5 Å². The van der Waals surface area contributed by atoms with Gasteiger partial charge in [-0.1, -0.05) is 0 Å². The summed E-state index contributed by atoms with van der Waals surface area (Å²) in [6.07, 6.45) is 9.96. The van der Waals surface area contributed by atoms with Crippen molar-refractivity contribution in [2.24, 2.45) is 5.92 Å². The van der Waals surface area contributed by atoms with E-state index in [-0.39, 0.29) is 0 Å². The van der Waals surface area contributed by atoms with E-state index in [4.69, 9.17) is 0 Å². The fraction of sp³-hybridized carbons (Fsp3) is 0.786. The Kier molecular flexibility index (Phi) is 3.19. The van der Waals surface area contributed by atoms with Gasteiger partial charge in [0.2, 0.25) is 0 Å². The molecular weight excluding hydrogens is 210 g/mol. The first-order valence-corrected chi connectivity index (χ1v) is 7.07. The van der Waals surface area contributed by atoms with Crippen LogP contribution in [0.5, 0.6) is 0 Å². The van der Waals surface area contributed by atoms with Gasteiger partial charge in [-0.25, -0.2) is 4.98 Å². The second kappa shape index (κ2) is 4.81. The van der Waals surface area contributed by atoms with Gasteiger partial charge < -0.3 is 9.88 Å². The minimum absolute atomic E-state index is 0.737. The summed E-state index contributed by atoms with van der Waals surface area (Å²) < 4.78 is 2.45. The van der Waals surface area contributed by atoms with E-state index in [1.54, 1.807) is 0 Å². The van der Waals surface area contributed by atoms with Crippen LogP contribution >= 0.6 is 0 Å². The van der Waals surface area contributed by atoms with Gasteiger partial charge in [-0.15, -0.1) is 0 Å². The van der Waals surface area contributed by atoms with Crippen molar-refractivity contribution in [3.8, 4) is 0 Å². The van der Waals surface area contributed by atoms with Crippen LogP contribution in [0.15, 0.2) is 6.20 Å². The number of aryl methyl sites for hydroxylation is 2. The van der Waals surface area contributed by atoms with Crippen molar-refractivity contribution in [2.75, 3.05) is 6.54 Å². The zero-order chi connectivity index (χ0) is 11.7. The Morgan fingerprint density at radius 2 is 2.29 bits per heavy atom. The first-order valence-electron chi connectivity index (χ1n) is 7.07. The molecule has 1 saturated heterocycles. The van der Waals surface area contributed by atoms with Gasteiger partial charge in [0.05, 0.1) is 0 Å². The number of hydrogen-bond acceptors (Lipinski definition) is 2. The zero-order valence-corrected chi connectivity index (χ0v) is 10.8. The molecule has 1 saturated carbocycles. The van der Waals surface area contributed by atoms with E-state index < -0.39 is 0 Å². The highest BCUT2D eigenvalue weighted by Crippen LogP contribution is 2.31. The maximum absolute atomic E-state index is 4.59. The topological polar surface area (TPSA) is 29.9 Å². The Bertz CT molecular complexity index is 373. The Balaban J connectivity index is 1.60. The highest BCUT2D eigenvalue weighted by molar-refractivity contribution is 5.05. The third-order valence-electron chi connectivity index (χ3n) is 4.15. The lowest BCUT2D eigenvalue weighted by Gasteiger charge is -2.12. The lowest BCUT2D eigenvalue weighted by molar-refractivity contribution is 0.523. The van der Waals surface area contributed by atoms with Crippen molar-refractivity contribution in [3.63, 3.8) is 0 Å². The van der Waals surface area contributed by atoms with Crippen molar-refractivity contribution in [1.29, 1.82) is 0 Å². The minimum Gasteiger partial charge on any atom is -0.332 e. The molecule has 1 aliphatic carbocycles. The van der Waals surface area contributed by atoms with Crippen LogP contribution in [0.2, 0.25) is 0 Å². The molecule has 0 amide bonds. The summed E-state index contributed by atoms with van der Waals surface area (Å²) in [5, 5.41) is 3.57. The number of hydrogen-bond donors (Lipinski definition) is 1. The SMILES string of the molecule is Cc1cnc(CCC2CCCN2)n1CC1CC1. The standard InChI is InChI=1S/C14H23N3/c1-11-9-16-14(17(11)10-12-4-5-12)7-6-13-3-2-8-15-13/h9,12-13,15H,2-8,10H2,1H3. The molecule has 0 radical (unpaired) electrons. The molecule has 1 N–H and O–H groups in total. The lowest BCUT2D eigenvalue weighted by Crippen LogP contribution is -2.22. The molecule has 94 valence electrons. The normalized spacial score (nSPS) is 24.4. The van der Waals surface area contributed by atoms with E-state index in [0.29, 0.717) is 0 Å². The lowest BCUT2D eigenvalue weighted by atomic mass is 10.1. The summed E-state index contributed by atoms with van der Waals surface area (Å²) in [4.78, 5) is 4.59. The number of nitrogens with one attached hydrogen (secondary N) is 1. The number of rotatable bonds is 5. The van der Waals surface area contributed by atoms with Crippen LogP contribution in [0.1, 0.15) is 43.6 Å². The molecule has 2 aliphatic rings. The van der Waals surface area contributed by atoms with Crippen molar-refractivity contribution in [1.82, 2.24) is 14.9 Å². The van der Waals surface area contributed by atoms with E-state index in [2.05, 4.69) is 21.8 Å². The molecule has 3 rings (SSSR count). The Morgan fingerprint density at radius 1 is 1.41 bits per heavy atom. The number of imidazole rings is 1. The number of aromatic nitrogens is 2. The summed E-state index contributed by atoms with van der Waals surface area (Å²) >= 11 is 0. The van der Waals surface area contributed by atoms with Crippen LogP contribution in [-0.2, 0) is 13.0 Å². The van der Waals surface area contributed by atoms with Crippen LogP contribution < -0.4 is 5.32 Å². The highest BCUT2D eigenvalue weighted by atomic mass is 15.1. The van der Waals surface area contributed by atoms with Crippen molar-refractivity contribution in [3.05, 3.63) is 17.7 Å². The van der Waals surface area contributed by atoms with Crippen LogP contribution in [0.25, 0.3) is 0 Å². The molecule has 1 atom stereocenters. The maximum atomic E-state index is 4.59. The van der Waals surface area contributed by atoms with E-state index in [1.165, 1.54) is 56.7 Å². The summed E-state index contributed by atoms with van der Waals surface area (Å²) in [7, 11) is 0. The summed E-state index contributed by atoms with van der Waals surface area (Å²) in [6.45, 7) is 4.60. The molecule has 2 heterocycles. The molecule has 1 unspecified atom stereocenters.